The van der Waals surface area contributed by atoms with Crippen LogP contribution in [-0.4, -0.2) is 31.8 Å². The molecule has 2 heterocycles. The number of nitrogens with zero attached hydrogens (tertiary/aromatic N) is 1. The monoisotopic (exact) mass is 437 g/mol. The summed E-state index contributed by atoms with van der Waals surface area (Å²) in [5.41, 5.74) is 0.625. The van der Waals surface area contributed by atoms with Gasteiger partial charge in [-0.2, -0.15) is 0 Å². The fraction of sp³-hybridized carbons (Fsp3) is 0.222. The van der Waals surface area contributed by atoms with Gasteiger partial charge >= 0.3 is 7.60 Å². The zero-order valence-electron chi connectivity index (χ0n) is 15.7. The first-order valence-corrected chi connectivity index (χ1v) is 11.1. The first-order valence-electron chi connectivity index (χ1n) is 8.60. The maximum Gasteiger partial charge on any atom is 0.372 e. The molecule has 3 aromatic rings. The third kappa shape index (κ3) is 5.91. The van der Waals surface area contributed by atoms with Crippen LogP contribution in [0.2, 0.25) is 0 Å². The number of hydrogen-bond donors (Lipinski definition) is 4. The molecule has 0 bridgehead atoms. The number of amides is 1. The molecule has 0 radical (unpaired) electrons. The average Bonchev–Trinajstić information content (AvgIpc) is 3.30. The molecule has 0 saturated heterocycles. The number of hydrogen-bond acceptors (Lipinski definition) is 6. The quantitative estimate of drug-likeness (QED) is 0.398. The number of anilines is 1. The lowest BCUT2D eigenvalue weighted by molar-refractivity contribution is 0.102. The van der Waals surface area contributed by atoms with Crippen molar-refractivity contribution in [2.24, 2.45) is 0 Å². The second-order valence-electron chi connectivity index (χ2n) is 6.35. The number of carbonyl (C=O) groups excluding carboxylic acids is 1. The van der Waals surface area contributed by atoms with E-state index in [2.05, 4.69) is 15.3 Å². The Balaban J connectivity index is 1.78. The van der Waals surface area contributed by atoms with E-state index in [9.17, 15) is 19.1 Å². The average molecular weight is 437 g/mol. The van der Waals surface area contributed by atoms with E-state index in [1.54, 1.807) is 29.8 Å². The van der Waals surface area contributed by atoms with Gasteiger partial charge in [-0.3, -0.25) is 14.7 Å². The highest BCUT2D eigenvalue weighted by atomic mass is 32.1. The molecule has 4 N–H and O–H groups in total. The molecule has 0 unspecified atom stereocenters. The number of nitrogens with one attached hydrogen (secondary N) is 2. The minimum atomic E-state index is -4.35. The maximum atomic E-state index is 12.5. The Hall–Kier alpha value is -2.65. The molecule has 2 aromatic heterocycles. The van der Waals surface area contributed by atoms with E-state index in [1.807, 2.05) is 13.8 Å². The van der Waals surface area contributed by atoms with E-state index >= 15 is 0 Å². The molecule has 3 rings (SSSR count). The second kappa shape index (κ2) is 8.79. The Labute approximate surface area is 170 Å². The number of benzene rings is 1. The van der Waals surface area contributed by atoms with Crippen LogP contribution >= 0.6 is 18.9 Å². The highest BCUT2D eigenvalue weighted by Crippen LogP contribution is 2.32. The van der Waals surface area contributed by atoms with Gasteiger partial charge in [-0.25, -0.2) is 4.98 Å². The van der Waals surface area contributed by atoms with Gasteiger partial charge < -0.3 is 24.2 Å². The highest BCUT2D eigenvalue weighted by Gasteiger charge is 2.19. The largest absolute Gasteiger partial charge is 0.491 e. The van der Waals surface area contributed by atoms with Gasteiger partial charge in [0, 0.05) is 23.2 Å². The van der Waals surface area contributed by atoms with Gasteiger partial charge in [0.2, 0.25) is 0 Å². The Morgan fingerprint density at radius 3 is 2.66 bits per heavy atom. The Morgan fingerprint density at radius 2 is 2.03 bits per heavy atom. The standard InChI is InChI=1S/C18H20N3O6PS/c1-11(2)27-15-8-12(17(22)21-18-19-5-6-29-18)7-14(9-15)26-10-13-3-4-16(20-13)28(23,24)25/h3-9,11,20H,10H2,1-2H3,(H,19,21,22)(H2,23,24,25). The molecule has 0 spiro atoms. The topological polar surface area (TPSA) is 134 Å². The van der Waals surface area contributed by atoms with E-state index < -0.39 is 7.60 Å². The Kier molecular flexibility index (Phi) is 6.39. The molecule has 0 fully saturated rings. The molecular weight excluding hydrogens is 417 g/mol. The van der Waals surface area contributed by atoms with Crippen molar-refractivity contribution in [3.63, 3.8) is 0 Å². The molecule has 1 amide bonds. The van der Waals surface area contributed by atoms with Gasteiger partial charge in [0.05, 0.1) is 11.8 Å². The molecule has 0 aliphatic heterocycles. The summed E-state index contributed by atoms with van der Waals surface area (Å²) in [6.07, 6.45) is 1.49. The number of thiazole rings is 1. The van der Waals surface area contributed by atoms with Crippen LogP contribution in [0.25, 0.3) is 0 Å². The normalized spacial score (nSPS) is 11.5. The zero-order valence-corrected chi connectivity index (χ0v) is 17.4. The van der Waals surface area contributed by atoms with Crippen molar-refractivity contribution in [2.45, 2.75) is 26.6 Å². The third-order valence-corrected chi connectivity index (χ3v) is 5.18. The van der Waals surface area contributed by atoms with E-state index in [1.165, 1.54) is 23.5 Å². The fourth-order valence-electron chi connectivity index (χ4n) is 2.42. The maximum absolute atomic E-state index is 12.5. The van der Waals surface area contributed by atoms with Gasteiger partial charge in [0.1, 0.15) is 23.5 Å². The predicted octanol–water partition coefficient (Wildman–Crippen LogP) is 2.89. The predicted molar refractivity (Wildman–Crippen MR) is 109 cm³/mol. The second-order valence-corrected chi connectivity index (χ2v) is 8.82. The van der Waals surface area contributed by atoms with Crippen molar-refractivity contribution >= 4 is 35.4 Å². The molecule has 29 heavy (non-hydrogen) atoms. The molecule has 9 nitrogen and oxygen atoms in total. The number of aromatic amines is 1. The lowest BCUT2D eigenvalue weighted by Crippen LogP contribution is -2.13. The van der Waals surface area contributed by atoms with Crippen molar-refractivity contribution in [2.75, 3.05) is 5.32 Å². The minimum Gasteiger partial charge on any atom is -0.491 e. The summed E-state index contributed by atoms with van der Waals surface area (Å²) in [5.74, 6) is 0.478. The molecular formula is C18H20N3O6PS. The number of rotatable bonds is 8. The van der Waals surface area contributed by atoms with Crippen LogP contribution in [0, 0.1) is 0 Å². The zero-order chi connectivity index (χ0) is 21.0. The van der Waals surface area contributed by atoms with Gasteiger partial charge in [0.25, 0.3) is 5.91 Å². The molecule has 0 aliphatic rings. The molecule has 0 atom stereocenters. The lowest BCUT2D eigenvalue weighted by Gasteiger charge is -2.14. The molecule has 0 aliphatic carbocycles. The summed E-state index contributed by atoms with van der Waals surface area (Å²) in [5, 5.41) is 4.93. The number of H-pyrrole nitrogens is 1. The van der Waals surface area contributed by atoms with Crippen LogP contribution in [0.5, 0.6) is 11.5 Å². The first kappa shape index (κ1) is 21.1. The van der Waals surface area contributed by atoms with Gasteiger partial charge in [-0.15, -0.1) is 11.3 Å². The summed E-state index contributed by atoms with van der Waals surface area (Å²) in [7, 11) is -4.35. The minimum absolute atomic E-state index is 0.0265. The number of aromatic nitrogens is 2. The summed E-state index contributed by atoms with van der Waals surface area (Å²) >= 11 is 1.30. The summed E-state index contributed by atoms with van der Waals surface area (Å²) < 4.78 is 22.7. The van der Waals surface area contributed by atoms with Gasteiger partial charge in [-0.05, 0) is 38.1 Å². The lowest BCUT2D eigenvalue weighted by atomic mass is 10.2. The van der Waals surface area contributed by atoms with E-state index in [4.69, 9.17) is 9.47 Å². The van der Waals surface area contributed by atoms with E-state index in [0.717, 1.165) is 0 Å². The fourth-order valence-corrected chi connectivity index (χ4v) is 3.51. The smallest absolute Gasteiger partial charge is 0.372 e. The van der Waals surface area contributed by atoms with Crippen molar-refractivity contribution in [3.05, 3.63) is 53.2 Å². The van der Waals surface area contributed by atoms with Crippen molar-refractivity contribution < 1.29 is 28.6 Å². The van der Waals surface area contributed by atoms with Crippen LogP contribution in [0.1, 0.15) is 29.9 Å². The molecule has 1 aromatic carbocycles. The SMILES string of the molecule is CC(C)Oc1cc(OCc2ccc(P(=O)(O)O)[nH]2)cc(C(=O)Nc2nccs2)c1. The Morgan fingerprint density at radius 1 is 1.28 bits per heavy atom. The molecule has 154 valence electrons. The Bertz CT molecular complexity index is 1030. The number of carbonyl (C=O) groups is 1. The summed E-state index contributed by atoms with van der Waals surface area (Å²) in [4.78, 5) is 37.6. The first-order chi connectivity index (χ1) is 13.7. The third-order valence-electron chi connectivity index (χ3n) is 3.61. The van der Waals surface area contributed by atoms with E-state index in [-0.39, 0.29) is 24.1 Å². The highest BCUT2D eigenvalue weighted by molar-refractivity contribution is 7.60. The van der Waals surface area contributed by atoms with Crippen LogP contribution in [0.3, 0.4) is 0 Å². The number of ether oxygens (including phenoxy) is 2. The van der Waals surface area contributed by atoms with Gasteiger partial charge in [-0.1, -0.05) is 0 Å². The van der Waals surface area contributed by atoms with Crippen LogP contribution in [0.4, 0.5) is 5.13 Å². The van der Waals surface area contributed by atoms with Crippen molar-refractivity contribution in [1.29, 1.82) is 0 Å². The van der Waals surface area contributed by atoms with Gasteiger partial charge in [0.15, 0.2) is 5.13 Å². The van der Waals surface area contributed by atoms with E-state index in [0.29, 0.717) is 27.9 Å². The summed E-state index contributed by atoms with van der Waals surface area (Å²) in [6.45, 7) is 3.76. The molecule has 0 saturated carbocycles. The van der Waals surface area contributed by atoms with Crippen LogP contribution < -0.4 is 20.2 Å². The summed E-state index contributed by atoms with van der Waals surface area (Å²) in [6, 6.07) is 7.65. The van der Waals surface area contributed by atoms with Crippen molar-refractivity contribution in [3.8, 4) is 11.5 Å². The molecule has 11 heteroatoms. The van der Waals surface area contributed by atoms with Crippen LogP contribution in [0.15, 0.2) is 41.9 Å². The van der Waals surface area contributed by atoms with Crippen molar-refractivity contribution in [1.82, 2.24) is 9.97 Å². The van der Waals surface area contributed by atoms with Crippen LogP contribution in [-0.2, 0) is 11.2 Å².